The van der Waals surface area contributed by atoms with Crippen LogP contribution in [0.1, 0.15) is 20.7 Å². The first-order valence-electron chi connectivity index (χ1n) is 4.08. The van der Waals surface area contributed by atoms with Crippen LogP contribution in [0.2, 0.25) is 0 Å². The van der Waals surface area contributed by atoms with E-state index in [-0.39, 0.29) is 5.56 Å². The maximum Gasteiger partial charge on any atom is 0.357 e. The molecule has 1 aromatic rings. The van der Waals surface area contributed by atoms with Crippen molar-refractivity contribution in [2.75, 3.05) is 0 Å². The van der Waals surface area contributed by atoms with Crippen molar-refractivity contribution < 1.29 is 31.1 Å². The van der Waals surface area contributed by atoms with Crippen molar-refractivity contribution in [2.45, 2.75) is 4.90 Å². The molecule has 0 heterocycles. The Morgan fingerprint density at radius 1 is 1.11 bits per heavy atom. The van der Waals surface area contributed by atoms with Gasteiger partial charge in [-0.1, -0.05) is 0 Å². The van der Waals surface area contributed by atoms with Crippen LogP contribution in [-0.4, -0.2) is 24.9 Å². The summed E-state index contributed by atoms with van der Waals surface area (Å²) in [6.07, 6.45) is 0. The zero-order chi connectivity index (χ0) is 13.9. The third-order valence-corrected chi connectivity index (χ3v) is 3.03. The van der Waals surface area contributed by atoms with E-state index in [4.69, 9.17) is 28.3 Å². The summed E-state index contributed by atoms with van der Waals surface area (Å²) in [5.41, 5.74) is -0.831. The fourth-order valence-electron chi connectivity index (χ4n) is 1.12. The van der Waals surface area contributed by atoms with Crippen LogP contribution >= 0.6 is 23.7 Å². The Labute approximate surface area is 111 Å². The molecule has 0 aromatic heterocycles. The van der Waals surface area contributed by atoms with Gasteiger partial charge in [-0.15, -0.1) is 0 Å². The van der Waals surface area contributed by atoms with Crippen molar-refractivity contribution in [3.05, 3.63) is 29.3 Å². The zero-order valence-electron chi connectivity index (χ0n) is 8.29. The topological polar surface area (TPSA) is 107 Å². The molecule has 0 unspecified atom stereocenters. The summed E-state index contributed by atoms with van der Waals surface area (Å²) in [6, 6.07) is 2.66. The summed E-state index contributed by atoms with van der Waals surface area (Å²) in [7, 11) is -4.76. The standard InChI is InChI=1S/C8H4Cl2O7S/c9-16-7(11)4-1-2-5(8(12)17-10)6(3-4)18(13,14)15/h1-3H,(H,13,14,15). The molecule has 0 radical (unpaired) electrons. The summed E-state index contributed by atoms with van der Waals surface area (Å²) < 4.78 is 38.7. The average molecular weight is 315 g/mol. The van der Waals surface area contributed by atoms with E-state index in [1.807, 2.05) is 0 Å². The van der Waals surface area contributed by atoms with E-state index in [2.05, 4.69) is 8.58 Å². The number of hydrogen-bond donors (Lipinski definition) is 1. The maximum absolute atomic E-state index is 11.2. The minimum Gasteiger partial charge on any atom is -0.343 e. The van der Waals surface area contributed by atoms with Crippen LogP contribution in [0.4, 0.5) is 0 Å². The molecular weight excluding hydrogens is 311 g/mol. The van der Waals surface area contributed by atoms with Gasteiger partial charge in [-0.3, -0.25) is 4.55 Å². The number of halogens is 2. The highest BCUT2D eigenvalue weighted by Crippen LogP contribution is 2.20. The lowest BCUT2D eigenvalue weighted by Crippen LogP contribution is -2.11. The van der Waals surface area contributed by atoms with Crippen LogP contribution in [0.3, 0.4) is 0 Å². The lowest BCUT2D eigenvalue weighted by Gasteiger charge is -2.05. The second-order valence-electron chi connectivity index (χ2n) is 2.92. The molecule has 1 rings (SSSR count). The number of rotatable bonds is 3. The van der Waals surface area contributed by atoms with Gasteiger partial charge in [-0.25, -0.2) is 9.59 Å². The van der Waals surface area contributed by atoms with E-state index >= 15 is 0 Å². The van der Waals surface area contributed by atoms with Gasteiger partial charge in [0, 0.05) is 0 Å². The third-order valence-electron chi connectivity index (χ3n) is 1.86. The third kappa shape index (κ3) is 3.10. The molecule has 0 bridgehead atoms. The number of benzene rings is 1. The molecule has 7 nitrogen and oxygen atoms in total. The Kier molecular flexibility index (Phi) is 4.52. The van der Waals surface area contributed by atoms with Gasteiger partial charge < -0.3 is 8.58 Å². The van der Waals surface area contributed by atoms with Crippen molar-refractivity contribution in [3.63, 3.8) is 0 Å². The molecular formula is C8H4Cl2O7S. The van der Waals surface area contributed by atoms with Gasteiger partial charge in [0.05, 0.1) is 11.1 Å². The van der Waals surface area contributed by atoms with Crippen LogP contribution in [0, 0.1) is 0 Å². The van der Waals surface area contributed by atoms with Gasteiger partial charge in [-0.05, 0) is 18.2 Å². The monoisotopic (exact) mass is 314 g/mol. The van der Waals surface area contributed by atoms with Crippen LogP contribution in [-0.2, 0) is 18.7 Å². The molecule has 0 aliphatic heterocycles. The minimum atomic E-state index is -4.76. The first kappa shape index (κ1) is 14.7. The smallest absolute Gasteiger partial charge is 0.343 e. The van der Waals surface area contributed by atoms with Crippen LogP contribution in [0.5, 0.6) is 0 Å². The molecule has 0 saturated carbocycles. The van der Waals surface area contributed by atoms with Crippen LogP contribution in [0.15, 0.2) is 23.1 Å². The quantitative estimate of drug-likeness (QED) is 0.843. The van der Waals surface area contributed by atoms with E-state index in [0.717, 1.165) is 12.1 Å². The predicted molar refractivity (Wildman–Crippen MR) is 58.8 cm³/mol. The highest BCUT2D eigenvalue weighted by atomic mass is 35.5. The first-order valence-corrected chi connectivity index (χ1v) is 6.14. The molecule has 1 aromatic carbocycles. The molecule has 0 aliphatic carbocycles. The highest BCUT2D eigenvalue weighted by Gasteiger charge is 2.24. The number of hydrogen-bond acceptors (Lipinski definition) is 6. The van der Waals surface area contributed by atoms with E-state index < -0.39 is 32.5 Å². The lowest BCUT2D eigenvalue weighted by atomic mass is 10.1. The summed E-state index contributed by atoms with van der Waals surface area (Å²) in [6.45, 7) is 0. The van der Waals surface area contributed by atoms with Crippen molar-refractivity contribution >= 4 is 45.8 Å². The largest absolute Gasteiger partial charge is 0.357 e. The summed E-state index contributed by atoms with van der Waals surface area (Å²) in [4.78, 5) is 21.4. The average Bonchev–Trinajstić information content (AvgIpc) is 2.35. The lowest BCUT2D eigenvalue weighted by molar-refractivity contribution is 0.0733. The predicted octanol–water partition coefficient (Wildman–Crippen LogP) is 1.55. The Hall–Kier alpha value is -1.35. The highest BCUT2D eigenvalue weighted by molar-refractivity contribution is 7.86. The molecule has 0 aliphatic rings. The fraction of sp³-hybridized carbons (Fsp3) is 0. The van der Waals surface area contributed by atoms with Gasteiger partial charge in [0.1, 0.15) is 28.6 Å². The van der Waals surface area contributed by atoms with Crippen molar-refractivity contribution in [1.29, 1.82) is 0 Å². The summed E-state index contributed by atoms with van der Waals surface area (Å²) >= 11 is 9.61. The molecule has 0 amide bonds. The van der Waals surface area contributed by atoms with Gasteiger partial charge in [0.25, 0.3) is 10.1 Å². The van der Waals surface area contributed by atoms with E-state index in [9.17, 15) is 18.0 Å². The molecule has 0 saturated heterocycles. The van der Waals surface area contributed by atoms with Crippen LogP contribution in [0.25, 0.3) is 0 Å². The van der Waals surface area contributed by atoms with Gasteiger partial charge in [0.15, 0.2) is 0 Å². The molecule has 10 heteroatoms. The summed E-state index contributed by atoms with van der Waals surface area (Å²) in [5.74, 6) is -2.28. The molecule has 0 spiro atoms. The van der Waals surface area contributed by atoms with Gasteiger partial charge >= 0.3 is 11.9 Å². The molecule has 0 fully saturated rings. The van der Waals surface area contributed by atoms with Crippen molar-refractivity contribution in [1.82, 2.24) is 0 Å². The molecule has 1 N–H and O–H groups in total. The molecule has 0 atom stereocenters. The SMILES string of the molecule is O=C(OCl)c1ccc(C(=O)OCl)c(S(=O)(=O)O)c1. The fourth-order valence-corrected chi connectivity index (χ4v) is 1.99. The van der Waals surface area contributed by atoms with Gasteiger partial charge in [-0.2, -0.15) is 8.42 Å². The minimum absolute atomic E-state index is 0.288. The zero-order valence-corrected chi connectivity index (χ0v) is 10.6. The maximum atomic E-state index is 11.2. The van der Waals surface area contributed by atoms with E-state index in [1.54, 1.807) is 0 Å². The number of carbonyl (C=O) groups is 2. The van der Waals surface area contributed by atoms with Crippen molar-refractivity contribution in [3.8, 4) is 0 Å². The van der Waals surface area contributed by atoms with Crippen LogP contribution < -0.4 is 0 Å². The second kappa shape index (κ2) is 5.53. The summed E-state index contributed by atoms with van der Waals surface area (Å²) in [5, 5.41) is 0. The number of carbonyl (C=O) groups excluding carboxylic acids is 2. The Bertz CT molecular complexity index is 595. The normalized spacial score (nSPS) is 10.8. The van der Waals surface area contributed by atoms with E-state index in [1.165, 1.54) is 0 Å². The molecule has 98 valence electrons. The first-order chi connectivity index (χ1) is 8.31. The van der Waals surface area contributed by atoms with E-state index in [0.29, 0.717) is 6.07 Å². The Morgan fingerprint density at radius 3 is 2.11 bits per heavy atom. The second-order valence-corrected chi connectivity index (χ2v) is 4.61. The van der Waals surface area contributed by atoms with Gasteiger partial charge in [0.2, 0.25) is 0 Å². The Morgan fingerprint density at radius 2 is 1.67 bits per heavy atom. The Balaban J connectivity index is 3.49. The van der Waals surface area contributed by atoms with Crippen molar-refractivity contribution in [2.24, 2.45) is 0 Å². The molecule has 18 heavy (non-hydrogen) atoms.